The maximum Gasteiger partial charge on any atom is 0.291 e. The van der Waals surface area contributed by atoms with Crippen LogP contribution >= 0.6 is 0 Å². The minimum Gasteiger partial charge on any atom is -0.481 e. The number of anilines is 1. The van der Waals surface area contributed by atoms with Crippen LogP contribution in [0.4, 0.5) is 5.82 Å². The van der Waals surface area contributed by atoms with Crippen molar-refractivity contribution in [2.75, 3.05) is 38.6 Å². The number of hydrogen-bond acceptors (Lipinski definition) is 7. The molecule has 1 aromatic rings. The van der Waals surface area contributed by atoms with Crippen LogP contribution in [0.25, 0.3) is 0 Å². The first-order valence-electron chi connectivity index (χ1n) is 6.86. The van der Waals surface area contributed by atoms with E-state index in [1.54, 1.807) is 13.2 Å². The lowest BCUT2D eigenvalue weighted by molar-refractivity contribution is 0.0364. The van der Waals surface area contributed by atoms with E-state index in [9.17, 15) is 0 Å². The van der Waals surface area contributed by atoms with E-state index in [0.29, 0.717) is 23.6 Å². The summed E-state index contributed by atoms with van der Waals surface area (Å²) in [7, 11) is 1.58. The van der Waals surface area contributed by atoms with Gasteiger partial charge in [-0.15, -0.1) is 0 Å². The van der Waals surface area contributed by atoms with E-state index in [1.165, 1.54) is 19.3 Å². The Labute approximate surface area is 117 Å². The quantitative estimate of drug-likeness (QED) is 0.840. The summed E-state index contributed by atoms with van der Waals surface area (Å²) in [5.74, 6) is 1.75. The topological polar surface area (TPSA) is 71.9 Å². The number of nitrogens with one attached hydrogen (secondary N) is 1. The predicted molar refractivity (Wildman–Crippen MR) is 72.9 cm³/mol. The molecular weight excluding hydrogens is 258 g/mol. The first-order chi connectivity index (χ1) is 9.77. The summed E-state index contributed by atoms with van der Waals surface area (Å²) in [5.41, 5.74) is -0.113. The molecule has 7 heteroatoms. The van der Waals surface area contributed by atoms with Crippen LogP contribution in [-0.2, 0) is 4.74 Å². The molecule has 0 amide bonds. The van der Waals surface area contributed by atoms with Crippen LogP contribution in [0.1, 0.15) is 6.42 Å². The number of aromatic nitrogens is 2. The van der Waals surface area contributed by atoms with Gasteiger partial charge in [-0.25, -0.2) is 15.0 Å². The van der Waals surface area contributed by atoms with Crippen molar-refractivity contribution < 1.29 is 9.47 Å². The largest absolute Gasteiger partial charge is 0.481 e. The number of rotatable bonds is 2. The van der Waals surface area contributed by atoms with Crippen molar-refractivity contribution in [1.82, 2.24) is 14.9 Å². The van der Waals surface area contributed by atoms with Gasteiger partial charge in [0.1, 0.15) is 17.7 Å². The molecule has 20 heavy (non-hydrogen) atoms. The molecule has 1 spiro atoms. The van der Waals surface area contributed by atoms with Gasteiger partial charge in [-0.05, 0) is 13.0 Å². The molecule has 3 aliphatic heterocycles. The third kappa shape index (κ3) is 1.81. The van der Waals surface area contributed by atoms with Crippen LogP contribution in [0.15, 0.2) is 17.4 Å². The van der Waals surface area contributed by atoms with Gasteiger partial charge in [0.15, 0.2) is 0 Å². The minimum absolute atomic E-state index is 0.113. The molecular formula is C13H17N5O2. The minimum atomic E-state index is -0.113. The SMILES string of the molecule is COc1cc(NC2=NC[C@@]3(CN4CC[C@@H]3C4)O2)ncn1. The number of fused-ring (bicyclic) bond motifs is 3. The molecule has 3 atom stereocenters. The van der Waals surface area contributed by atoms with E-state index in [2.05, 4.69) is 25.2 Å². The highest BCUT2D eigenvalue weighted by Crippen LogP contribution is 2.41. The van der Waals surface area contributed by atoms with Crippen LogP contribution in [0.2, 0.25) is 0 Å². The zero-order chi connectivity index (χ0) is 13.6. The normalized spacial score (nSPS) is 34.1. The number of piperidine rings is 1. The lowest BCUT2D eigenvalue weighted by Crippen LogP contribution is -2.46. The number of ether oxygens (including phenoxy) is 2. The second-order valence-electron chi connectivity index (χ2n) is 5.58. The van der Waals surface area contributed by atoms with Crippen LogP contribution < -0.4 is 10.1 Å². The summed E-state index contributed by atoms with van der Waals surface area (Å²) in [4.78, 5) is 15.1. The number of methoxy groups -OCH3 is 1. The summed E-state index contributed by atoms with van der Waals surface area (Å²) in [6.07, 6.45) is 2.67. The number of amidine groups is 1. The molecule has 2 fully saturated rings. The monoisotopic (exact) mass is 275 g/mol. The van der Waals surface area contributed by atoms with E-state index in [0.717, 1.165) is 19.6 Å². The molecule has 0 aromatic carbocycles. The highest BCUT2D eigenvalue weighted by atomic mass is 16.5. The van der Waals surface area contributed by atoms with Crippen molar-refractivity contribution in [3.8, 4) is 5.88 Å². The molecule has 4 heterocycles. The van der Waals surface area contributed by atoms with Crippen molar-refractivity contribution in [2.24, 2.45) is 10.9 Å². The van der Waals surface area contributed by atoms with Crippen molar-refractivity contribution >= 4 is 11.8 Å². The van der Waals surface area contributed by atoms with Gasteiger partial charge in [-0.2, -0.15) is 0 Å². The number of hydrogen-bond donors (Lipinski definition) is 1. The van der Waals surface area contributed by atoms with Gasteiger partial charge in [0.05, 0.1) is 13.7 Å². The number of nitrogens with zero attached hydrogens (tertiary/aromatic N) is 4. The van der Waals surface area contributed by atoms with Crippen molar-refractivity contribution in [2.45, 2.75) is 12.0 Å². The zero-order valence-corrected chi connectivity index (χ0v) is 11.4. The Bertz CT molecular complexity index is 563. The fourth-order valence-electron chi connectivity index (χ4n) is 3.36. The molecule has 2 saturated heterocycles. The Kier molecular flexibility index (Phi) is 2.56. The van der Waals surface area contributed by atoms with E-state index in [1.807, 2.05) is 0 Å². The van der Waals surface area contributed by atoms with Gasteiger partial charge in [0.2, 0.25) is 5.88 Å². The maximum atomic E-state index is 6.12. The van der Waals surface area contributed by atoms with Crippen LogP contribution in [0.5, 0.6) is 5.88 Å². The molecule has 1 aromatic heterocycles. The molecule has 3 aliphatic rings. The van der Waals surface area contributed by atoms with Crippen molar-refractivity contribution in [3.63, 3.8) is 0 Å². The molecule has 1 unspecified atom stereocenters. The number of aliphatic imine (C=N–C) groups is 1. The van der Waals surface area contributed by atoms with Crippen LogP contribution in [0.3, 0.4) is 0 Å². The van der Waals surface area contributed by atoms with Gasteiger partial charge in [-0.3, -0.25) is 10.2 Å². The Morgan fingerprint density at radius 3 is 3.20 bits per heavy atom. The van der Waals surface area contributed by atoms with Gasteiger partial charge >= 0.3 is 0 Å². The second kappa shape index (κ2) is 4.31. The summed E-state index contributed by atoms with van der Waals surface area (Å²) in [6.45, 7) is 4.06. The van der Waals surface area contributed by atoms with Gasteiger partial charge in [0, 0.05) is 25.1 Å². The summed E-state index contributed by atoms with van der Waals surface area (Å²) >= 11 is 0. The lowest BCUT2D eigenvalue weighted by Gasteiger charge is -2.32. The third-order valence-electron chi connectivity index (χ3n) is 4.38. The van der Waals surface area contributed by atoms with Crippen LogP contribution in [-0.4, -0.2) is 59.8 Å². The van der Waals surface area contributed by atoms with Crippen molar-refractivity contribution in [1.29, 1.82) is 0 Å². The van der Waals surface area contributed by atoms with E-state index in [4.69, 9.17) is 9.47 Å². The lowest BCUT2D eigenvalue weighted by atomic mass is 9.88. The first kappa shape index (κ1) is 11.9. The predicted octanol–water partition coefficient (Wildman–Crippen LogP) is 0.358. The third-order valence-corrected chi connectivity index (χ3v) is 4.38. The fraction of sp³-hybridized carbons (Fsp3) is 0.615. The Morgan fingerprint density at radius 1 is 1.50 bits per heavy atom. The van der Waals surface area contributed by atoms with Gasteiger partial charge in [0.25, 0.3) is 6.02 Å². The standard InChI is InChI=1S/C13H17N5O2/c1-19-11-4-10(15-8-16-11)17-12-14-6-13(20-12)7-18-3-2-9(13)5-18/h4,8-9H,2-3,5-7H2,1H3,(H,14,15,16,17)/t9-,13+/m1/s1. The molecule has 0 radical (unpaired) electrons. The molecule has 0 aliphatic carbocycles. The first-order valence-corrected chi connectivity index (χ1v) is 6.86. The Hall–Kier alpha value is -1.89. The highest BCUT2D eigenvalue weighted by Gasteiger charge is 2.54. The van der Waals surface area contributed by atoms with Gasteiger partial charge in [-0.1, -0.05) is 0 Å². The smallest absolute Gasteiger partial charge is 0.291 e. The Morgan fingerprint density at radius 2 is 2.45 bits per heavy atom. The van der Waals surface area contributed by atoms with E-state index < -0.39 is 0 Å². The molecule has 4 rings (SSSR count). The van der Waals surface area contributed by atoms with E-state index >= 15 is 0 Å². The maximum absolute atomic E-state index is 6.12. The van der Waals surface area contributed by atoms with E-state index in [-0.39, 0.29) is 5.60 Å². The average Bonchev–Trinajstić information content (AvgIpc) is 3.16. The molecule has 7 nitrogen and oxygen atoms in total. The summed E-state index contributed by atoms with van der Waals surface area (Å²) in [6, 6.07) is 2.28. The van der Waals surface area contributed by atoms with Crippen LogP contribution in [0, 0.1) is 5.92 Å². The van der Waals surface area contributed by atoms with Crippen molar-refractivity contribution in [3.05, 3.63) is 12.4 Å². The Balaban J connectivity index is 1.46. The molecule has 1 N–H and O–H groups in total. The summed E-state index contributed by atoms with van der Waals surface area (Å²) < 4.78 is 11.2. The van der Waals surface area contributed by atoms with Gasteiger partial charge < -0.3 is 9.47 Å². The summed E-state index contributed by atoms with van der Waals surface area (Å²) in [5, 5.41) is 3.10. The molecule has 2 bridgehead atoms. The average molecular weight is 275 g/mol. The molecule has 0 saturated carbocycles. The fourth-order valence-corrected chi connectivity index (χ4v) is 3.36. The highest BCUT2D eigenvalue weighted by molar-refractivity contribution is 5.89. The second-order valence-corrected chi connectivity index (χ2v) is 5.58. The zero-order valence-electron chi connectivity index (χ0n) is 11.4. The molecule has 106 valence electrons.